The summed E-state index contributed by atoms with van der Waals surface area (Å²) in [6.07, 6.45) is 5.10. The maximum atomic E-state index is 13.1. The van der Waals surface area contributed by atoms with Crippen molar-refractivity contribution in [1.82, 2.24) is 29.6 Å². The van der Waals surface area contributed by atoms with Gasteiger partial charge in [-0.25, -0.2) is 19.4 Å². The quantitative estimate of drug-likeness (QED) is 0.446. The van der Waals surface area contributed by atoms with Crippen LogP contribution < -0.4 is 10.6 Å². The zero-order valence-corrected chi connectivity index (χ0v) is 17.4. The van der Waals surface area contributed by atoms with Crippen LogP contribution in [0.25, 0.3) is 16.9 Å². The summed E-state index contributed by atoms with van der Waals surface area (Å²) in [5.41, 5.74) is 3.35. The molecule has 0 spiro atoms. The molecule has 2 amide bonds. The molecule has 158 valence electrons. The lowest BCUT2D eigenvalue weighted by atomic mass is 10.1. The second kappa shape index (κ2) is 8.35. The van der Waals surface area contributed by atoms with Gasteiger partial charge < -0.3 is 15.2 Å². The Morgan fingerprint density at radius 1 is 0.938 bits per heavy atom. The van der Waals surface area contributed by atoms with E-state index in [1.807, 2.05) is 66.2 Å². The van der Waals surface area contributed by atoms with Gasteiger partial charge in [0.25, 0.3) is 0 Å². The molecule has 5 rings (SSSR count). The second-order valence-corrected chi connectivity index (χ2v) is 7.29. The monoisotopic (exact) mass is 423 g/mol. The Balaban J connectivity index is 1.48. The maximum absolute atomic E-state index is 13.1. The molecule has 5 aromatic rings. The fourth-order valence-corrected chi connectivity index (χ4v) is 3.73. The van der Waals surface area contributed by atoms with E-state index in [0.29, 0.717) is 11.5 Å². The molecule has 8 heteroatoms. The minimum Gasteiger partial charge on any atom is -0.329 e. The van der Waals surface area contributed by atoms with Gasteiger partial charge in [-0.15, -0.1) is 0 Å². The Hall–Kier alpha value is -4.46. The summed E-state index contributed by atoms with van der Waals surface area (Å²) in [4.78, 5) is 22.3. The van der Waals surface area contributed by atoms with Crippen molar-refractivity contribution in [3.8, 4) is 5.82 Å². The number of aryl methyl sites for hydroxylation is 1. The third kappa shape index (κ3) is 3.69. The molecule has 0 saturated heterocycles. The van der Waals surface area contributed by atoms with Gasteiger partial charge in [0.15, 0.2) is 5.82 Å². The minimum atomic E-state index is -0.446. The van der Waals surface area contributed by atoms with Gasteiger partial charge in [-0.3, -0.25) is 0 Å². The summed E-state index contributed by atoms with van der Waals surface area (Å²) in [6, 6.07) is 22.2. The Morgan fingerprint density at radius 3 is 2.53 bits per heavy atom. The number of benzene rings is 2. The van der Waals surface area contributed by atoms with Crippen molar-refractivity contribution < 1.29 is 4.79 Å². The van der Waals surface area contributed by atoms with Gasteiger partial charge in [-0.1, -0.05) is 42.5 Å². The molecule has 0 saturated carbocycles. The lowest BCUT2D eigenvalue weighted by Gasteiger charge is -2.20. The van der Waals surface area contributed by atoms with E-state index < -0.39 is 6.04 Å². The zero-order chi connectivity index (χ0) is 21.9. The standard InChI is InChI=1S/C24H21N7O/c1-30-20-13-6-5-11-18(20)27-23(30)21(17-9-3-2-4-10-17)29-24(32)28-19-12-7-14-25-22(19)31-16-8-15-26-31/h2-16,21H,1H3,(H2,28,29,32). The number of aromatic nitrogens is 5. The summed E-state index contributed by atoms with van der Waals surface area (Å²) >= 11 is 0. The van der Waals surface area contributed by atoms with Gasteiger partial charge in [0, 0.05) is 25.6 Å². The molecule has 3 aromatic heterocycles. The molecule has 2 aromatic carbocycles. The average molecular weight is 423 g/mol. The van der Waals surface area contributed by atoms with Crippen LogP contribution in [0.15, 0.2) is 91.4 Å². The first-order chi connectivity index (χ1) is 15.7. The van der Waals surface area contributed by atoms with Crippen molar-refractivity contribution in [3.05, 3.63) is 103 Å². The van der Waals surface area contributed by atoms with Gasteiger partial charge in [-0.05, 0) is 35.9 Å². The molecule has 2 N–H and O–H groups in total. The molecule has 0 bridgehead atoms. The Bertz CT molecular complexity index is 1360. The number of nitrogens with zero attached hydrogens (tertiary/aromatic N) is 5. The van der Waals surface area contributed by atoms with Crippen molar-refractivity contribution >= 4 is 22.8 Å². The van der Waals surface area contributed by atoms with E-state index in [1.54, 1.807) is 41.5 Å². The Kier molecular flexibility index (Phi) is 5.09. The molecular weight excluding hydrogens is 402 g/mol. The van der Waals surface area contributed by atoms with Crippen molar-refractivity contribution in [2.45, 2.75) is 6.04 Å². The van der Waals surface area contributed by atoms with Crippen LogP contribution in [0, 0.1) is 0 Å². The van der Waals surface area contributed by atoms with Crippen LogP contribution in [-0.2, 0) is 7.05 Å². The first-order valence-corrected chi connectivity index (χ1v) is 10.2. The number of carbonyl (C=O) groups is 1. The number of carbonyl (C=O) groups excluding carboxylic acids is 1. The van der Waals surface area contributed by atoms with Crippen LogP contribution in [0.4, 0.5) is 10.5 Å². The number of amides is 2. The predicted molar refractivity (Wildman–Crippen MR) is 123 cm³/mol. The average Bonchev–Trinajstić information content (AvgIpc) is 3.47. The number of rotatable bonds is 5. The highest BCUT2D eigenvalue weighted by Crippen LogP contribution is 2.25. The summed E-state index contributed by atoms with van der Waals surface area (Å²) in [5.74, 6) is 1.28. The Morgan fingerprint density at radius 2 is 1.75 bits per heavy atom. The normalized spacial score (nSPS) is 11.9. The van der Waals surface area contributed by atoms with Crippen molar-refractivity contribution in [3.63, 3.8) is 0 Å². The second-order valence-electron chi connectivity index (χ2n) is 7.29. The topological polar surface area (TPSA) is 89.7 Å². The fourth-order valence-electron chi connectivity index (χ4n) is 3.73. The van der Waals surface area contributed by atoms with Crippen LogP contribution >= 0.6 is 0 Å². The number of para-hydroxylation sites is 2. The van der Waals surface area contributed by atoms with Crippen LogP contribution in [0.3, 0.4) is 0 Å². The predicted octanol–water partition coefficient (Wildman–Crippen LogP) is 4.07. The Labute approximate surface area is 184 Å². The number of imidazole rings is 1. The molecule has 0 fully saturated rings. The lowest BCUT2D eigenvalue weighted by Crippen LogP contribution is -2.34. The van der Waals surface area contributed by atoms with Gasteiger partial charge in [-0.2, -0.15) is 5.10 Å². The molecule has 3 heterocycles. The number of pyridine rings is 1. The molecule has 32 heavy (non-hydrogen) atoms. The maximum Gasteiger partial charge on any atom is 0.320 e. The van der Waals surface area contributed by atoms with Crippen molar-refractivity contribution in [2.24, 2.45) is 7.05 Å². The molecule has 0 aliphatic carbocycles. The van der Waals surface area contributed by atoms with Crippen LogP contribution in [0.5, 0.6) is 0 Å². The minimum absolute atomic E-state index is 0.368. The SMILES string of the molecule is Cn1c(C(NC(=O)Nc2cccnc2-n2cccn2)c2ccccc2)nc2ccccc21. The van der Waals surface area contributed by atoms with Crippen LogP contribution in [0.1, 0.15) is 17.4 Å². The third-order valence-corrected chi connectivity index (χ3v) is 5.24. The number of urea groups is 1. The summed E-state index contributed by atoms with van der Waals surface area (Å²) in [6.45, 7) is 0. The molecular formula is C24H21N7O. The van der Waals surface area contributed by atoms with E-state index in [1.165, 1.54) is 0 Å². The summed E-state index contributed by atoms with van der Waals surface area (Å²) in [7, 11) is 1.96. The van der Waals surface area contributed by atoms with E-state index in [4.69, 9.17) is 4.98 Å². The zero-order valence-electron chi connectivity index (χ0n) is 17.4. The van der Waals surface area contributed by atoms with Crippen LogP contribution in [-0.4, -0.2) is 30.3 Å². The first-order valence-electron chi connectivity index (χ1n) is 10.2. The highest BCUT2D eigenvalue weighted by Gasteiger charge is 2.23. The van der Waals surface area contributed by atoms with E-state index in [0.717, 1.165) is 22.4 Å². The lowest BCUT2D eigenvalue weighted by molar-refractivity contribution is 0.249. The van der Waals surface area contributed by atoms with Crippen molar-refractivity contribution in [2.75, 3.05) is 5.32 Å². The van der Waals surface area contributed by atoms with Gasteiger partial charge in [0.2, 0.25) is 0 Å². The fraction of sp³-hybridized carbons (Fsp3) is 0.0833. The highest BCUT2D eigenvalue weighted by atomic mass is 16.2. The smallest absolute Gasteiger partial charge is 0.320 e. The third-order valence-electron chi connectivity index (χ3n) is 5.24. The summed E-state index contributed by atoms with van der Waals surface area (Å²) in [5, 5.41) is 10.2. The molecule has 0 radical (unpaired) electrons. The molecule has 0 aliphatic rings. The van der Waals surface area contributed by atoms with E-state index >= 15 is 0 Å². The summed E-state index contributed by atoms with van der Waals surface area (Å²) < 4.78 is 3.61. The molecule has 1 atom stereocenters. The highest BCUT2D eigenvalue weighted by molar-refractivity contribution is 5.91. The van der Waals surface area contributed by atoms with E-state index in [-0.39, 0.29) is 6.03 Å². The largest absolute Gasteiger partial charge is 0.329 e. The number of anilines is 1. The van der Waals surface area contributed by atoms with Gasteiger partial charge in [0.1, 0.15) is 11.9 Å². The van der Waals surface area contributed by atoms with E-state index in [2.05, 4.69) is 20.7 Å². The number of hydrogen-bond acceptors (Lipinski definition) is 4. The molecule has 8 nitrogen and oxygen atoms in total. The van der Waals surface area contributed by atoms with Crippen molar-refractivity contribution in [1.29, 1.82) is 0 Å². The van der Waals surface area contributed by atoms with Gasteiger partial charge >= 0.3 is 6.03 Å². The molecule has 1 unspecified atom stereocenters. The molecule has 0 aliphatic heterocycles. The number of hydrogen-bond donors (Lipinski definition) is 2. The number of fused-ring (bicyclic) bond motifs is 1. The van der Waals surface area contributed by atoms with Gasteiger partial charge in [0.05, 0.1) is 16.7 Å². The number of nitrogens with one attached hydrogen (secondary N) is 2. The van der Waals surface area contributed by atoms with Crippen LogP contribution in [0.2, 0.25) is 0 Å². The first kappa shape index (κ1) is 19.5. The van der Waals surface area contributed by atoms with E-state index in [9.17, 15) is 4.79 Å².